The van der Waals surface area contributed by atoms with Crippen LogP contribution in [0.2, 0.25) is 6.82 Å². The summed E-state index contributed by atoms with van der Waals surface area (Å²) in [6.45, 7) is 3.37. The summed E-state index contributed by atoms with van der Waals surface area (Å²) in [5, 5.41) is 0. The predicted molar refractivity (Wildman–Crippen MR) is 35.6 cm³/mol. The van der Waals surface area contributed by atoms with Gasteiger partial charge in [-0.25, -0.2) is 0 Å². The molecule has 1 aliphatic heterocycles. The second kappa shape index (κ2) is 2.10. The Kier molecular flexibility index (Phi) is 1.65. The lowest BCUT2D eigenvalue weighted by Crippen LogP contribution is -1.97. The average Bonchev–Trinajstić information content (AvgIpc) is 2.43. The fourth-order valence-corrected chi connectivity index (χ4v) is 1.31. The predicted octanol–water partition coefficient (Wildman–Crippen LogP) is 0.658. The third-order valence-electron chi connectivity index (χ3n) is 1.22. The molecule has 1 rings (SSSR count). The van der Waals surface area contributed by atoms with Crippen LogP contribution in [0.25, 0.3) is 0 Å². The summed E-state index contributed by atoms with van der Waals surface area (Å²) in [7, 11) is 2.23. The van der Waals surface area contributed by atoms with Gasteiger partial charge in [0.15, 0.2) is 0 Å². The van der Waals surface area contributed by atoms with Crippen molar-refractivity contribution in [3.63, 3.8) is 0 Å². The van der Waals surface area contributed by atoms with Crippen LogP contribution in [0.3, 0.4) is 0 Å². The minimum absolute atomic E-state index is 0.787. The van der Waals surface area contributed by atoms with Crippen molar-refractivity contribution in [3.05, 3.63) is 0 Å². The molecule has 2 unspecified atom stereocenters. The maximum absolute atomic E-state index is 2.33. The smallest absolute Gasteiger partial charge is 0.132 e. The molecule has 0 bridgehead atoms. The molecule has 1 heterocycles. The SMILES string of the molecule is C[B]C1CN1SC. The Bertz CT molecular complexity index is 60.7. The molecule has 0 aliphatic carbocycles. The zero-order chi connectivity index (χ0) is 5.28. The van der Waals surface area contributed by atoms with Crippen molar-refractivity contribution in [3.8, 4) is 0 Å². The average molecular weight is 114 g/mol. The molecule has 1 nitrogen and oxygen atoms in total. The van der Waals surface area contributed by atoms with Gasteiger partial charge in [0.05, 0.1) is 0 Å². The highest BCUT2D eigenvalue weighted by Crippen LogP contribution is 2.23. The van der Waals surface area contributed by atoms with Crippen LogP contribution in [0.5, 0.6) is 0 Å². The lowest BCUT2D eigenvalue weighted by Gasteiger charge is -1.89. The Hall–Kier alpha value is 0.375. The van der Waals surface area contributed by atoms with E-state index in [2.05, 4.69) is 24.7 Å². The van der Waals surface area contributed by atoms with Crippen molar-refractivity contribution in [1.29, 1.82) is 0 Å². The normalized spacial score (nSPS) is 38.0. The Balaban J connectivity index is 2.06. The van der Waals surface area contributed by atoms with Crippen molar-refractivity contribution in [2.24, 2.45) is 0 Å². The van der Waals surface area contributed by atoms with Gasteiger partial charge in [0.1, 0.15) is 7.28 Å². The van der Waals surface area contributed by atoms with E-state index in [0.717, 1.165) is 5.94 Å². The molecule has 1 radical (unpaired) electrons. The van der Waals surface area contributed by atoms with Crippen molar-refractivity contribution < 1.29 is 0 Å². The number of hydrogen-bond donors (Lipinski definition) is 0. The van der Waals surface area contributed by atoms with Gasteiger partial charge < -0.3 is 0 Å². The quantitative estimate of drug-likeness (QED) is 0.294. The largest absolute Gasteiger partial charge is 0.254 e. The maximum Gasteiger partial charge on any atom is 0.132 e. The molecular weight excluding hydrogens is 105 g/mol. The minimum Gasteiger partial charge on any atom is -0.254 e. The number of nitrogens with zero attached hydrogens (tertiary/aromatic N) is 1. The topological polar surface area (TPSA) is 3.01 Å². The molecule has 39 valence electrons. The summed E-state index contributed by atoms with van der Waals surface area (Å²) < 4.78 is 2.33. The van der Waals surface area contributed by atoms with Crippen LogP contribution < -0.4 is 0 Å². The zero-order valence-corrected chi connectivity index (χ0v) is 5.53. The van der Waals surface area contributed by atoms with Gasteiger partial charge in [-0.2, -0.15) is 0 Å². The summed E-state index contributed by atoms with van der Waals surface area (Å²) in [6, 6.07) is 0. The summed E-state index contributed by atoms with van der Waals surface area (Å²) in [5.74, 6) is 0.787. The fraction of sp³-hybridized carbons (Fsp3) is 1.00. The summed E-state index contributed by atoms with van der Waals surface area (Å²) >= 11 is 1.83. The van der Waals surface area contributed by atoms with Crippen LogP contribution >= 0.6 is 11.9 Å². The molecule has 0 aromatic rings. The standard InChI is InChI=1S/C4H9BNS/c1-5-4-3-6(4)7-2/h4H,3H2,1-2H3. The lowest BCUT2D eigenvalue weighted by atomic mass is 9.78. The van der Waals surface area contributed by atoms with Crippen LogP contribution in [0.4, 0.5) is 0 Å². The highest BCUT2D eigenvalue weighted by atomic mass is 32.2. The number of rotatable bonds is 2. The van der Waals surface area contributed by atoms with Crippen LogP contribution in [0, 0.1) is 0 Å². The fourth-order valence-electron chi connectivity index (χ4n) is 0.619. The van der Waals surface area contributed by atoms with Gasteiger partial charge in [0.2, 0.25) is 0 Å². The van der Waals surface area contributed by atoms with E-state index in [-0.39, 0.29) is 0 Å². The molecule has 0 amide bonds. The van der Waals surface area contributed by atoms with E-state index in [4.69, 9.17) is 0 Å². The lowest BCUT2D eigenvalue weighted by molar-refractivity contribution is 0.928. The first-order valence-electron chi connectivity index (χ1n) is 2.48. The molecule has 3 heteroatoms. The van der Waals surface area contributed by atoms with Gasteiger partial charge in [-0.1, -0.05) is 18.8 Å². The van der Waals surface area contributed by atoms with E-state index < -0.39 is 0 Å². The molecule has 0 saturated carbocycles. The second-order valence-corrected chi connectivity index (χ2v) is 2.52. The minimum atomic E-state index is 0.787. The first kappa shape index (κ1) is 5.51. The van der Waals surface area contributed by atoms with Crippen molar-refractivity contribution >= 4 is 19.2 Å². The molecule has 7 heavy (non-hydrogen) atoms. The Morgan fingerprint density at radius 3 is 2.71 bits per heavy atom. The molecule has 0 N–H and O–H groups in total. The monoisotopic (exact) mass is 114 g/mol. The van der Waals surface area contributed by atoms with Crippen LogP contribution in [-0.4, -0.2) is 30.3 Å². The van der Waals surface area contributed by atoms with Crippen molar-refractivity contribution in [2.45, 2.75) is 12.8 Å². The van der Waals surface area contributed by atoms with E-state index in [9.17, 15) is 0 Å². The van der Waals surface area contributed by atoms with Gasteiger partial charge >= 0.3 is 0 Å². The van der Waals surface area contributed by atoms with E-state index in [1.54, 1.807) is 0 Å². The number of hydrogen-bond acceptors (Lipinski definition) is 2. The van der Waals surface area contributed by atoms with Crippen LogP contribution in [-0.2, 0) is 0 Å². The Morgan fingerprint density at radius 1 is 1.86 bits per heavy atom. The van der Waals surface area contributed by atoms with Gasteiger partial charge in [-0.3, -0.25) is 4.31 Å². The van der Waals surface area contributed by atoms with Gasteiger partial charge in [-0.15, -0.1) is 0 Å². The molecule has 0 spiro atoms. The van der Waals surface area contributed by atoms with Crippen molar-refractivity contribution in [1.82, 2.24) is 4.31 Å². The molecule has 2 atom stereocenters. The van der Waals surface area contributed by atoms with Gasteiger partial charge in [-0.05, 0) is 6.26 Å². The van der Waals surface area contributed by atoms with Crippen LogP contribution in [0.15, 0.2) is 0 Å². The first-order chi connectivity index (χ1) is 3.38. The zero-order valence-electron chi connectivity index (χ0n) is 4.72. The maximum atomic E-state index is 2.33. The highest BCUT2D eigenvalue weighted by molar-refractivity contribution is 7.96. The van der Waals surface area contributed by atoms with Gasteiger partial charge in [0.25, 0.3) is 0 Å². The van der Waals surface area contributed by atoms with E-state index in [0.29, 0.717) is 0 Å². The van der Waals surface area contributed by atoms with Crippen molar-refractivity contribution in [2.75, 3.05) is 12.8 Å². The third kappa shape index (κ3) is 1.13. The molecule has 0 aromatic carbocycles. The van der Waals surface area contributed by atoms with E-state index in [1.807, 2.05) is 11.9 Å². The second-order valence-electron chi connectivity index (χ2n) is 1.68. The first-order valence-corrected chi connectivity index (χ1v) is 3.67. The van der Waals surface area contributed by atoms with Gasteiger partial charge in [0, 0.05) is 12.5 Å². The molecule has 1 fully saturated rings. The molecule has 1 aliphatic rings. The Morgan fingerprint density at radius 2 is 2.57 bits per heavy atom. The highest BCUT2D eigenvalue weighted by Gasteiger charge is 2.30. The summed E-state index contributed by atoms with van der Waals surface area (Å²) in [6.07, 6.45) is 2.11. The molecule has 1 saturated heterocycles. The van der Waals surface area contributed by atoms with E-state index in [1.165, 1.54) is 6.54 Å². The summed E-state index contributed by atoms with van der Waals surface area (Å²) in [4.78, 5) is 0. The van der Waals surface area contributed by atoms with E-state index >= 15 is 0 Å². The molecule has 0 aromatic heterocycles. The Labute approximate surface area is 49.8 Å². The van der Waals surface area contributed by atoms with Crippen LogP contribution in [0.1, 0.15) is 0 Å². The molecular formula is C4H9BNS. The summed E-state index contributed by atoms with van der Waals surface area (Å²) in [5.41, 5.74) is 0. The third-order valence-corrected chi connectivity index (χ3v) is 2.11.